The van der Waals surface area contributed by atoms with Crippen molar-refractivity contribution in [3.05, 3.63) is 77.9 Å². The highest BCUT2D eigenvalue weighted by atomic mass is 32.2. The number of rotatable bonds is 19. The summed E-state index contributed by atoms with van der Waals surface area (Å²) >= 11 is 2.21. The predicted octanol–water partition coefficient (Wildman–Crippen LogP) is 5.11. The number of carbonyl (C=O) groups excluding carboxylic acids is 4. The van der Waals surface area contributed by atoms with E-state index in [-0.39, 0.29) is 46.5 Å². The number of hydrogen-bond acceptors (Lipinski definition) is 13. The van der Waals surface area contributed by atoms with Gasteiger partial charge in [0.25, 0.3) is 15.7 Å². The monoisotopic (exact) mass is 863 g/mol. The van der Waals surface area contributed by atoms with E-state index in [1.54, 1.807) is 30.0 Å². The van der Waals surface area contributed by atoms with Gasteiger partial charge in [0.05, 0.1) is 11.3 Å². The van der Waals surface area contributed by atoms with Crippen molar-refractivity contribution in [3.63, 3.8) is 0 Å². The van der Waals surface area contributed by atoms with Gasteiger partial charge in [-0.3, -0.25) is 29.6 Å². The second-order valence-corrected chi connectivity index (χ2v) is 17.8. The summed E-state index contributed by atoms with van der Waals surface area (Å²) in [6.45, 7) is 5.53. The standard InChI is InChI=1S/C39H48F3N7O6S3/c1-47(34-13-14-36(51)46-37(34)52)38(53)32-11-9-28(23-27(32)25-50)44-16-5-6-17-48-19-21-49(22-20-48)18-15-29(26-56-30-7-3-2-4-8-30)45-33-12-10-31(57-43)24-35(33)58(54,55)39(40,41)42/h2-4,7-12,23-25,29,34,44-45H,5-6,13-22,26,43H2,1H3,(H,46,51,52). The van der Waals surface area contributed by atoms with Crippen molar-refractivity contribution >= 4 is 68.9 Å². The number of amides is 3. The number of aldehydes is 1. The van der Waals surface area contributed by atoms with E-state index in [0.29, 0.717) is 49.2 Å². The third-order valence-electron chi connectivity index (χ3n) is 10.1. The van der Waals surface area contributed by atoms with Crippen LogP contribution in [0.15, 0.2) is 81.4 Å². The summed E-state index contributed by atoms with van der Waals surface area (Å²) in [5.41, 5.74) is -4.52. The van der Waals surface area contributed by atoms with E-state index in [1.807, 2.05) is 30.3 Å². The molecular formula is C39H48F3N7O6S3. The van der Waals surface area contributed by atoms with Crippen LogP contribution in [-0.2, 0) is 19.4 Å². The molecule has 2 unspecified atom stereocenters. The number of imide groups is 1. The molecule has 58 heavy (non-hydrogen) atoms. The third kappa shape index (κ3) is 12.0. The molecule has 2 heterocycles. The van der Waals surface area contributed by atoms with Crippen LogP contribution in [0, 0.1) is 0 Å². The molecule has 2 fully saturated rings. The van der Waals surface area contributed by atoms with Gasteiger partial charge in [0.15, 0.2) is 6.29 Å². The van der Waals surface area contributed by atoms with Crippen molar-refractivity contribution in [2.75, 3.05) is 69.2 Å². The first-order valence-electron chi connectivity index (χ1n) is 18.9. The number of hydrogen-bond donors (Lipinski definition) is 4. The van der Waals surface area contributed by atoms with Gasteiger partial charge in [-0.1, -0.05) is 18.2 Å². The molecule has 5 N–H and O–H groups in total. The van der Waals surface area contributed by atoms with Gasteiger partial charge in [-0.25, -0.2) is 8.42 Å². The maximum Gasteiger partial charge on any atom is 0.501 e. The van der Waals surface area contributed by atoms with Crippen LogP contribution in [0.1, 0.15) is 52.8 Å². The van der Waals surface area contributed by atoms with Gasteiger partial charge in [-0.15, -0.1) is 11.8 Å². The smallest absolute Gasteiger partial charge is 0.385 e. The highest BCUT2D eigenvalue weighted by Gasteiger charge is 2.48. The van der Waals surface area contributed by atoms with Gasteiger partial charge in [0.1, 0.15) is 10.9 Å². The number of sulfone groups is 1. The fourth-order valence-corrected chi connectivity index (χ4v) is 9.14. The minimum Gasteiger partial charge on any atom is -0.385 e. The Bertz CT molecular complexity index is 2020. The van der Waals surface area contributed by atoms with E-state index in [2.05, 4.69) is 25.8 Å². The summed E-state index contributed by atoms with van der Waals surface area (Å²) in [4.78, 5) is 55.1. The molecule has 3 aromatic rings. The molecule has 0 aromatic heterocycles. The molecule has 0 radical (unpaired) electrons. The number of anilines is 2. The number of nitrogens with two attached hydrogens (primary N) is 1. The number of thioether (sulfide) groups is 1. The zero-order valence-corrected chi connectivity index (χ0v) is 34.5. The number of benzene rings is 3. The van der Waals surface area contributed by atoms with Gasteiger partial charge in [0, 0.05) is 85.6 Å². The SMILES string of the molecule is CN(C(=O)c1ccc(NCCCCN2CCN(CCC(CSc3ccccc3)Nc3ccc(SN)cc3S(=O)(=O)C(F)(F)F)CC2)cc1C=O)C1CCC(=O)NC1=O. The number of carbonyl (C=O) groups is 4. The fraction of sp³-hybridized carbons (Fsp3) is 0.436. The summed E-state index contributed by atoms with van der Waals surface area (Å²) in [7, 11) is -4.16. The number of alkyl halides is 3. The first-order valence-corrected chi connectivity index (χ1v) is 22.2. The molecule has 13 nitrogen and oxygen atoms in total. The summed E-state index contributed by atoms with van der Waals surface area (Å²) < 4.78 is 66.2. The first-order chi connectivity index (χ1) is 27.7. The van der Waals surface area contributed by atoms with E-state index >= 15 is 0 Å². The molecule has 3 aromatic carbocycles. The molecule has 0 spiro atoms. The van der Waals surface area contributed by atoms with Crippen molar-refractivity contribution in [2.45, 2.75) is 64.4 Å². The number of likely N-dealkylation sites (N-methyl/N-ethyl adjacent to an activating group) is 1. The number of unbranched alkanes of at least 4 members (excludes halogenated alkanes) is 1. The Morgan fingerprint density at radius 3 is 2.36 bits per heavy atom. The van der Waals surface area contributed by atoms with E-state index in [9.17, 15) is 40.8 Å². The van der Waals surface area contributed by atoms with E-state index in [4.69, 9.17) is 5.14 Å². The highest BCUT2D eigenvalue weighted by Crippen LogP contribution is 2.37. The quantitative estimate of drug-likeness (QED) is 0.0412. The lowest BCUT2D eigenvalue weighted by Gasteiger charge is -2.35. The third-order valence-corrected chi connectivity index (χ3v) is 13.4. The number of nitrogens with one attached hydrogen (secondary N) is 3. The van der Waals surface area contributed by atoms with Crippen molar-refractivity contribution in [1.82, 2.24) is 20.0 Å². The predicted molar refractivity (Wildman–Crippen MR) is 220 cm³/mol. The molecule has 2 saturated heterocycles. The van der Waals surface area contributed by atoms with Crippen LogP contribution in [-0.4, -0.2) is 123 Å². The summed E-state index contributed by atoms with van der Waals surface area (Å²) in [6, 6.07) is 17.2. The average molecular weight is 864 g/mol. The molecule has 2 aliphatic rings. The molecule has 0 saturated carbocycles. The molecule has 3 amide bonds. The van der Waals surface area contributed by atoms with Gasteiger partial charge in [0.2, 0.25) is 11.8 Å². The van der Waals surface area contributed by atoms with Crippen molar-refractivity contribution in [3.8, 4) is 0 Å². The Kier molecular flexibility index (Phi) is 16.0. The lowest BCUT2D eigenvalue weighted by molar-refractivity contribution is -0.136. The number of piperidine rings is 1. The van der Waals surface area contributed by atoms with Crippen LogP contribution < -0.4 is 21.1 Å². The van der Waals surface area contributed by atoms with Gasteiger partial charge in [-0.05, 0) is 92.7 Å². The molecule has 2 aliphatic heterocycles. The first kappa shape index (κ1) is 45.0. The van der Waals surface area contributed by atoms with Crippen LogP contribution >= 0.6 is 23.7 Å². The Hall–Kier alpha value is -4.14. The topological polar surface area (TPSA) is 174 Å². The maximum absolute atomic E-state index is 13.7. The highest BCUT2D eigenvalue weighted by molar-refractivity contribution is 7.99. The Balaban J connectivity index is 1.08. The molecule has 314 valence electrons. The Morgan fingerprint density at radius 1 is 1.00 bits per heavy atom. The molecule has 5 rings (SSSR count). The zero-order valence-electron chi connectivity index (χ0n) is 32.0. The normalized spacial score (nSPS) is 17.4. The van der Waals surface area contributed by atoms with E-state index in [1.165, 1.54) is 24.1 Å². The lowest BCUT2D eigenvalue weighted by atomic mass is 10.0. The summed E-state index contributed by atoms with van der Waals surface area (Å²) in [5.74, 6) is -0.896. The van der Waals surface area contributed by atoms with Crippen molar-refractivity contribution in [2.24, 2.45) is 5.14 Å². The second-order valence-electron chi connectivity index (χ2n) is 14.1. The second kappa shape index (κ2) is 20.7. The Morgan fingerprint density at radius 2 is 1.71 bits per heavy atom. The van der Waals surface area contributed by atoms with Gasteiger partial charge in [-0.2, -0.15) is 13.2 Å². The average Bonchev–Trinajstić information content (AvgIpc) is 3.21. The number of piperazine rings is 1. The minimum atomic E-state index is -5.64. The van der Waals surface area contributed by atoms with Crippen LogP contribution in [0.25, 0.3) is 0 Å². The van der Waals surface area contributed by atoms with Crippen LogP contribution in [0.3, 0.4) is 0 Å². The Labute approximate surface area is 345 Å². The van der Waals surface area contributed by atoms with Gasteiger partial charge >= 0.3 is 5.51 Å². The van der Waals surface area contributed by atoms with E-state index < -0.39 is 38.1 Å². The number of nitrogens with zero attached hydrogens (tertiary/aromatic N) is 3. The summed E-state index contributed by atoms with van der Waals surface area (Å²) in [5, 5.41) is 14.2. The van der Waals surface area contributed by atoms with Crippen LogP contribution in [0.4, 0.5) is 24.5 Å². The fourth-order valence-electron chi connectivity index (χ4n) is 6.79. The molecule has 0 bridgehead atoms. The molecular weight excluding hydrogens is 816 g/mol. The number of halogens is 3. The minimum absolute atomic E-state index is 0.112. The van der Waals surface area contributed by atoms with E-state index in [0.717, 1.165) is 56.5 Å². The lowest BCUT2D eigenvalue weighted by Crippen LogP contribution is -2.53. The molecule has 19 heteroatoms. The van der Waals surface area contributed by atoms with Gasteiger partial charge < -0.3 is 25.3 Å². The molecule has 0 aliphatic carbocycles. The molecule has 2 atom stereocenters. The van der Waals surface area contributed by atoms with Crippen LogP contribution in [0.2, 0.25) is 0 Å². The van der Waals surface area contributed by atoms with Crippen molar-refractivity contribution in [1.29, 1.82) is 0 Å². The van der Waals surface area contributed by atoms with Crippen LogP contribution in [0.5, 0.6) is 0 Å². The van der Waals surface area contributed by atoms with Crippen molar-refractivity contribution < 1.29 is 40.8 Å². The summed E-state index contributed by atoms with van der Waals surface area (Å²) in [6.07, 6.45) is 3.32. The largest absolute Gasteiger partial charge is 0.501 e. The maximum atomic E-state index is 13.7. The zero-order chi connectivity index (χ0) is 41.9.